The zero-order chi connectivity index (χ0) is 19.3. The summed E-state index contributed by atoms with van der Waals surface area (Å²) in [5, 5.41) is 5.77. The molecule has 0 saturated carbocycles. The molecule has 1 aromatic carbocycles. The molecule has 2 aromatic heterocycles. The Kier molecular flexibility index (Phi) is 5.81. The van der Waals surface area contributed by atoms with E-state index in [2.05, 4.69) is 45.6 Å². The molecular weight excluding hydrogens is 372 g/mol. The van der Waals surface area contributed by atoms with E-state index in [1.54, 1.807) is 11.3 Å². The van der Waals surface area contributed by atoms with Gasteiger partial charge in [-0.25, -0.2) is 9.78 Å². The summed E-state index contributed by atoms with van der Waals surface area (Å²) >= 11 is 1.76. The van der Waals surface area contributed by atoms with Crippen molar-refractivity contribution < 1.29 is 9.53 Å². The second kappa shape index (κ2) is 8.65. The van der Waals surface area contributed by atoms with Gasteiger partial charge in [0.1, 0.15) is 0 Å². The van der Waals surface area contributed by atoms with Crippen LogP contribution < -0.4 is 5.32 Å². The Balaban J connectivity index is 1.52. The first-order chi connectivity index (χ1) is 13.7. The minimum atomic E-state index is -0.201. The molecule has 1 saturated heterocycles. The first kappa shape index (κ1) is 18.8. The van der Waals surface area contributed by atoms with Gasteiger partial charge in [-0.1, -0.05) is 18.2 Å². The van der Waals surface area contributed by atoms with Gasteiger partial charge in [0.05, 0.1) is 24.2 Å². The van der Waals surface area contributed by atoms with Crippen molar-refractivity contribution in [1.82, 2.24) is 14.5 Å². The molecule has 0 bridgehead atoms. The van der Waals surface area contributed by atoms with Crippen LogP contribution >= 0.6 is 11.3 Å². The number of hydrogen-bond donors (Lipinski definition) is 1. The fourth-order valence-corrected chi connectivity index (χ4v) is 4.42. The molecule has 3 heterocycles. The lowest BCUT2D eigenvalue weighted by Crippen LogP contribution is -2.33. The van der Waals surface area contributed by atoms with Crippen molar-refractivity contribution in [1.29, 1.82) is 0 Å². The Morgan fingerprint density at radius 1 is 1.25 bits per heavy atom. The third kappa shape index (κ3) is 4.14. The van der Waals surface area contributed by atoms with Crippen LogP contribution in [0.1, 0.15) is 31.1 Å². The van der Waals surface area contributed by atoms with Crippen LogP contribution in [0.4, 0.5) is 10.7 Å². The number of amides is 1. The van der Waals surface area contributed by atoms with Gasteiger partial charge in [-0.05, 0) is 49.8 Å². The number of para-hydroxylation sites is 2. The number of hydrogen-bond acceptors (Lipinski definition) is 5. The number of anilines is 1. The van der Waals surface area contributed by atoms with Crippen LogP contribution in [0, 0.1) is 0 Å². The highest BCUT2D eigenvalue weighted by atomic mass is 32.1. The first-order valence-corrected chi connectivity index (χ1v) is 10.8. The first-order valence-electron chi connectivity index (χ1n) is 9.90. The monoisotopic (exact) mass is 398 g/mol. The Morgan fingerprint density at radius 3 is 2.96 bits per heavy atom. The molecule has 4 rings (SSSR count). The van der Waals surface area contributed by atoms with Gasteiger partial charge in [-0.3, -0.25) is 0 Å². The molecule has 28 heavy (non-hydrogen) atoms. The summed E-state index contributed by atoms with van der Waals surface area (Å²) < 4.78 is 7.42. The average Bonchev–Trinajstić information content (AvgIpc) is 3.26. The van der Waals surface area contributed by atoms with E-state index in [4.69, 9.17) is 9.72 Å². The Bertz CT molecular complexity index is 922. The fourth-order valence-electron chi connectivity index (χ4n) is 3.72. The lowest BCUT2D eigenvalue weighted by Gasteiger charge is -2.20. The highest BCUT2D eigenvalue weighted by Crippen LogP contribution is 2.25. The summed E-state index contributed by atoms with van der Waals surface area (Å²) in [6.07, 6.45) is 2.66. The van der Waals surface area contributed by atoms with Crippen molar-refractivity contribution in [3.63, 3.8) is 0 Å². The molecule has 1 aliphatic rings. The van der Waals surface area contributed by atoms with Gasteiger partial charge in [0.2, 0.25) is 5.95 Å². The van der Waals surface area contributed by atoms with E-state index in [-0.39, 0.29) is 6.09 Å². The summed E-state index contributed by atoms with van der Waals surface area (Å²) in [6.45, 7) is 4.54. The van der Waals surface area contributed by atoms with E-state index in [0.717, 1.165) is 49.3 Å². The van der Waals surface area contributed by atoms with Gasteiger partial charge >= 0.3 is 6.09 Å². The van der Waals surface area contributed by atoms with Crippen molar-refractivity contribution in [2.75, 3.05) is 25.0 Å². The molecule has 1 atom stereocenters. The third-order valence-electron chi connectivity index (χ3n) is 5.14. The molecule has 1 aliphatic heterocycles. The maximum atomic E-state index is 12.0. The van der Waals surface area contributed by atoms with Crippen molar-refractivity contribution in [2.45, 2.75) is 38.8 Å². The van der Waals surface area contributed by atoms with Crippen LogP contribution in [0.2, 0.25) is 0 Å². The summed E-state index contributed by atoms with van der Waals surface area (Å²) in [7, 11) is 0. The predicted octanol–water partition coefficient (Wildman–Crippen LogP) is 4.57. The second-order valence-electron chi connectivity index (χ2n) is 7.05. The lowest BCUT2D eigenvalue weighted by molar-refractivity contribution is 0.108. The van der Waals surface area contributed by atoms with Crippen LogP contribution in [0.15, 0.2) is 41.8 Å². The second-order valence-corrected chi connectivity index (χ2v) is 8.08. The van der Waals surface area contributed by atoms with E-state index in [9.17, 15) is 4.79 Å². The number of imidazole rings is 1. The number of ether oxygens (including phenoxy) is 1. The molecule has 148 valence electrons. The molecule has 0 spiro atoms. The Labute approximate surface area is 169 Å². The van der Waals surface area contributed by atoms with E-state index in [0.29, 0.717) is 19.2 Å². The SMILES string of the molecule is CCOC(=O)N1CCCC(Nc2nc3ccccc3n2Cc2cccs2)CC1. The highest BCUT2D eigenvalue weighted by Gasteiger charge is 2.23. The number of fused-ring (bicyclic) bond motifs is 1. The number of aromatic nitrogens is 2. The van der Waals surface area contributed by atoms with E-state index >= 15 is 0 Å². The van der Waals surface area contributed by atoms with Crippen LogP contribution in [-0.4, -0.2) is 46.3 Å². The zero-order valence-corrected chi connectivity index (χ0v) is 17.0. The number of likely N-dealkylation sites (tertiary alicyclic amines) is 1. The summed E-state index contributed by atoms with van der Waals surface area (Å²) in [4.78, 5) is 20.0. The molecule has 1 fully saturated rings. The largest absolute Gasteiger partial charge is 0.450 e. The Hall–Kier alpha value is -2.54. The van der Waals surface area contributed by atoms with E-state index in [1.807, 2.05) is 17.9 Å². The minimum absolute atomic E-state index is 0.201. The van der Waals surface area contributed by atoms with Gasteiger partial charge in [0.15, 0.2) is 0 Å². The molecule has 1 amide bonds. The number of carbonyl (C=O) groups is 1. The van der Waals surface area contributed by atoms with Crippen LogP contribution in [0.25, 0.3) is 11.0 Å². The molecule has 1 N–H and O–H groups in total. The quantitative estimate of drug-likeness (QED) is 0.684. The molecule has 7 heteroatoms. The fraction of sp³-hybridized carbons (Fsp3) is 0.429. The number of benzene rings is 1. The van der Waals surface area contributed by atoms with Crippen molar-refractivity contribution >= 4 is 34.4 Å². The summed E-state index contributed by atoms with van der Waals surface area (Å²) in [5.74, 6) is 0.907. The number of nitrogens with one attached hydrogen (secondary N) is 1. The topological polar surface area (TPSA) is 59.4 Å². The maximum Gasteiger partial charge on any atom is 0.409 e. The Morgan fingerprint density at radius 2 is 2.14 bits per heavy atom. The van der Waals surface area contributed by atoms with E-state index in [1.165, 1.54) is 4.88 Å². The minimum Gasteiger partial charge on any atom is -0.450 e. The van der Waals surface area contributed by atoms with E-state index < -0.39 is 0 Å². The summed E-state index contributed by atoms with van der Waals surface area (Å²) in [6, 6.07) is 12.8. The molecule has 0 radical (unpaired) electrons. The summed E-state index contributed by atoms with van der Waals surface area (Å²) in [5.41, 5.74) is 2.14. The molecule has 1 unspecified atom stereocenters. The van der Waals surface area contributed by atoms with Crippen LogP contribution in [0.5, 0.6) is 0 Å². The van der Waals surface area contributed by atoms with Crippen molar-refractivity contribution in [2.24, 2.45) is 0 Å². The van der Waals surface area contributed by atoms with Gasteiger partial charge in [-0.15, -0.1) is 11.3 Å². The van der Waals surface area contributed by atoms with Gasteiger partial charge in [0.25, 0.3) is 0 Å². The number of nitrogens with zero attached hydrogens (tertiary/aromatic N) is 3. The molecule has 0 aliphatic carbocycles. The smallest absolute Gasteiger partial charge is 0.409 e. The molecule has 6 nitrogen and oxygen atoms in total. The number of carbonyl (C=O) groups excluding carboxylic acids is 1. The van der Waals surface area contributed by atoms with Crippen LogP contribution in [-0.2, 0) is 11.3 Å². The van der Waals surface area contributed by atoms with Crippen LogP contribution in [0.3, 0.4) is 0 Å². The van der Waals surface area contributed by atoms with Gasteiger partial charge in [0, 0.05) is 24.0 Å². The molecular formula is C21H26N4O2S. The van der Waals surface area contributed by atoms with Gasteiger partial charge in [-0.2, -0.15) is 0 Å². The maximum absolute atomic E-state index is 12.0. The lowest BCUT2D eigenvalue weighted by atomic mass is 10.1. The third-order valence-corrected chi connectivity index (χ3v) is 6.00. The average molecular weight is 399 g/mol. The number of rotatable bonds is 5. The standard InChI is InChI=1S/C21H26N4O2S/c1-2-27-21(26)24-12-5-7-16(11-13-24)22-20-23-18-9-3-4-10-19(18)25(20)15-17-8-6-14-28-17/h3-4,6,8-10,14,16H,2,5,7,11-13,15H2,1H3,(H,22,23). The van der Waals surface area contributed by atoms with Crippen molar-refractivity contribution in [3.8, 4) is 0 Å². The normalized spacial score (nSPS) is 17.5. The highest BCUT2D eigenvalue weighted by molar-refractivity contribution is 7.09. The predicted molar refractivity (Wildman–Crippen MR) is 113 cm³/mol. The number of thiophene rings is 1. The van der Waals surface area contributed by atoms with Gasteiger partial charge < -0.3 is 19.5 Å². The molecule has 3 aromatic rings. The van der Waals surface area contributed by atoms with Crippen molar-refractivity contribution in [3.05, 3.63) is 46.7 Å². The zero-order valence-electron chi connectivity index (χ0n) is 16.1.